The van der Waals surface area contributed by atoms with Crippen LogP contribution in [-0.2, 0) is 10.8 Å². The Morgan fingerprint density at radius 2 is 1.05 bits per heavy atom. The fourth-order valence-corrected chi connectivity index (χ4v) is 10.3. The summed E-state index contributed by atoms with van der Waals surface area (Å²) in [5, 5.41) is 2.52. The Bertz CT molecular complexity index is 3060. The van der Waals surface area contributed by atoms with Gasteiger partial charge in [-0.2, -0.15) is 0 Å². The lowest BCUT2D eigenvalue weighted by molar-refractivity contribution is 0.434. The van der Waals surface area contributed by atoms with Crippen LogP contribution in [0.4, 0.5) is 17.1 Å². The van der Waals surface area contributed by atoms with Crippen LogP contribution in [-0.4, -0.2) is 4.57 Å². The highest BCUT2D eigenvalue weighted by molar-refractivity contribution is 6.12. The molecule has 8 aromatic carbocycles. The van der Waals surface area contributed by atoms with Crippen LogP contribution < -0.4 is 9.64 Å². The van der Waals surface area contributed by atoms with Gasteiger partial charge in [0.2, 0.25) is 0 Å². The fraction of sp³-hybridized carbons (Fsp3) is 0.0769. The monoisotopic (exact) mass is 704 g/mol. The zero-order valence-corrected chi connectivity index (χ0v) is 30.6. The minimum absolute atomic E-state index is 0.120. The van der Waals surface area contributed by atoms with Gasteiger partial charge in [-0.05, 0) is 94.0 Å². The van der Waals surface area contributed by atoms with E-state index < -0.39 is 5.41 Å². The molecule has 3 heterocycles. The van der Waals surface area contributed by atoms with Crippen LogP contribution >= 0.6 is 0 Å². The number of ether oxygens (including phenoxy) is 1. The second kappa shape index (κ2) is 10.9. The Morgan fingerprint density at radius 3 is 1.93 bits per heavy atom. The molecule has 2 aliphatic heterocycles. The molecule has 1 unspecified atom stereocenters. The van der Waals surface area contributed by atoms with E-state index in [1.165, 1.54) is 60.9 Å². The number of hydrogen-bond donors (Lipinski definition) is 0. The average Bonchev–Trinajstić information content (AvgIpc) is 3.69. The van der Waals surface area contributed by atoms with Gasteiger partial charge >= 0.3 is 0 Å². The Hall–Kier alpha value is -6.84. The van der Waals surface area contributed by atoms with Crippen molar-refractivity contribution < 1.29 is 4.74 Å². The lowest BCUT2D eigenvalue weighted by atomic mass is 9.61. The maximum Gasteiger partial charge on any atom is 0.132 e. The van der Waals surface area contributed by atoms with Gasteiger partial charge in [-0.3, -0.25) is 0 Å². The molecule has 0 saturated carbocycles. The minimum Gasteiger partial charge on any atom is -0.457 e. The van der Waals surface area contributed by atoms with E-state index in [1.54, 1.807) is 0 Å². The van der Waals surface area contributed by atoms with Gasteiger partial charge in [-0.15, -0.1) is 0 Å². The molecule has 0 N–H and O–H groups in total. The van der Waals surface area contributed by atoms with Gasteiger partial charge in [0.15, 0.2) is 0 Å². The number of hydrogen-bond acceptors (Lipinski definition) is 2. The van der Waals surface area contributed by atoms with Gasteiger partial charge in [-0.25, -0.2) is 0 Å². The molecule has 12 rings (SSSR count). The van der Waals surface area contributed by atoms with Crippen LogP contribution in [0.2, 0.25) is 0 Å². The summed E-state index contributed by atoms with van der Waals surface area (Å²) in [5.74, 6) is 1.76. The van der Waals surface area contributed by atoms with Crippen molar-refractivity contribution in [1.29, 1.82) is 0 Å². The molecule has 1 spiro atoms. The molecule has 3 nitrogen and oxygen atoms in total. The first-order valence-corrected chi connectivity index (χ1v) is 19.2. The summed E-state index contributed by atoms with van der Waals surface area (Å²) in [5.41, 5.74) is 16.4. The van der Waals surface area contributed by atoms with Crippen molar-refractivity contribution in [3.63, 3.8) is 0 Å². The van der Waals surface area contributed by atoms with Crippen molar-refractivity contribution in [2.75, 3.05) is 4.90 Å². The van der Waals surface area contributed by atoms with E-state index in [-0.39, 0.29) is 5.41 Å². The molecular formula is C52H36N2O. The molecule has 55 heavy (non-hydrogen) atoms. The van der Waals surface area contributed by atoms with Crippen LogP contribution in [0.3, 0.4) is 0 Å². The summed E-state index contributed by atoms with van der Waals surface area (Å²) in [6.07, 6.45) is 0. The Balaban J connectivity index is 1.16. The summed E-state index contributed by atoms with van der Waals surface area (Å²) in [4.78, 5) is 2.42. The Morgan fingerprint density at radius 1 is 0.436 bits per heavy atom. The summed E-state index contributed by atoms with van der Waals surface area (Å²) >= 11 is 0. The molecule has 9 aromatic rings. The first-order chi connectivity index (χ1) is 27.0. The number of benzene rings is 8. The first-order valence-electron chi connectivity index (χ1n) is 19.2. The lowest BCUT2D eigenvalue weighted by Crippen LogP contribution is -2.38. The molecule has 0 radical (unpaired) electrons. The minimum atomic E-state index is -0.648. The van der Waals surface area contributed by atoms with Crippen molar-refractivity contribution in [3.05, 3.63) is 215 Å². The van der Waals surface area contributed by atoms with Crippen molar-refractivity contribution in [1.82, 2.24) is 4.57 Å². The van der Waals surface area contributed by atoms with E-state index in [0.717, 1.165) is 39.7 Å². The first kappa shape index (κ1) is 30.6. The molecule has 0 amide bonds. The van der Waals surface area contributed by atoms with Crippen LogP contribution in [0.5, 0.6) is 11.5 Å². The number of para-hydroxylation sites is 5. The van der Waals surface area contributed by atoms with E-state index in [2.05, 4.69) is 205 Å². The molecule has 1 aromatic heterocycles. The SMILES string of the molecule is CC1(C)c2ccccc2-c2ccc(N(c3ccccc3)c3ccc4c(c3)C3(c5ccccc5O4)c4ccccc4-n4c5ccccc5c5cccc3c54)cc21. The van der Waals surface area contributed by atoms with Crippen molar-refractivity contribution in [2.24, 2.45) is 0 Å². The van der Waals surface area contributed by atoms with Crippen molar-refractivity contribution in [3.8, 4) is 28.3 Å². The number of fused-ring (bicyclic) bond motifs is 14. The van der Waals surface area contributed by atoms with Crippen molar-refractivity contribution in [2.45, 2.75) is 24.7 Å². The van der Waals surface area contributed by atoms with Gasteiger partial charge in [0.1, 0.15) is 11.5 Å². The topological polar surface area (TPSA) is 17.4 Å². The van der Waals surface area contributed by atoms with Gasteiger partial charge in [0, 0.05) is 44.4 Å². The molecule has 3 aliphatic rings. The number of anilines is 3. The van der Waals surface area contributed by atoms with Crippen molar-refractivity contribution >= 4 is 38.9 Å². The lowest BCUT2D eigenvalue weighted by Gasteiger charge is -2.45. The molecular weight excluding hydrogens is 669 g/mol. The van der Waals surface area contributed by atoms with E-state index in [9.17, 15) is 0 Å². The maximum absolute atomic E-state index is 6.91. The van der Waals surface area contributed by atoms with Crippen LogP contribution in [0, 0.1) is 0 Å². The molecule has 3 heteroatoms. The summed E-state index contributed by atoms with van der Waals surface area (Å²) in [6.45, 7) is 4.71. The number of aromatic nitrogens is 1. The van der Waals surface area contributed by atoms with E-state index >= 15 is 0 Å². The third-order valence-electron chi connectivity index (χ3n) is 12.6. The number of rotatable bonds is 3. The third kappa shape index (κ3) is 3.89. The van der Waals surface area contributed by atoms with Gasteiger partial charge < -0.3 is 14.2 Å². The molecule has 0 bridgehead atoms. The smallest absolute Gasteiger partial charge is 0.132 e. The fourth-order valence-electron chi connectivity index (χ4n) is 10.3. The van der Waals surface area contributed by atoms with Gasteiger partial charge in [-0.1, -0.05) is 135 Å². The maximum atomic E-state index is 6.91. The zero-order chi connectivity index (χ0) is 36.5. The van der Waals surface area contributed by atoms with Gasteiger partial charge in [0.05, 0.1) is 22.1 Å². The Kier molecular flexibility index (Phi) is 6.05. The predicted octanol–water partition coefficient (Wildman–Crippen LogP) is 13.4. The van der Waals surface area contributed by atoms with Gasteiger partial charge in [0.25, 0.3) is 0 Å². The largest absolute Gasteiger partial charge is 0.457 e. The van der Waals surface area contributed by atoms with E-state index in [4.69, 9.17) is 4.74 Å². The Labute approximate surface area is 320 Å². The highest BCUT2D eigenvalue weighted by Gasteiger charge is 2.50. The average molecular weight is 705 g/mol. The second-order valence-corrected chi connectivity index (χ2v) is 15.7. The summed E-state index contributed by atoms with van der Waals surface area (Å²) < 4.78 is 9.40. The normalized spacial score (nSPS) is 16.5. The summed E-state index contributed by atoms with van der Waals surface area (Å²) in [7, 11) is 0. The van der Waals surface area contributed by atoms with Crippen LogP contribution in [0.15, 0.2) is 182 Å². The summed E-state index contributed by atoms with van der Waals surface area (Å²) in [6, 6.07) is 66.8. The zero-order valence-electron chi connectivity index (χ0n) is 30.6. The number of nitrogens with zero attached hydrogens (tertiary/aromatic N) is 2. The molecule has 0 fully saturated rings. The van der Waals surface area contributed by atoms with E-state index in [1.807, 2.05) is 0 Å². The highest BCUT2D eigenvalue weighted by atomic mass is 16.5. The molecule has 260 valence electrons. The predicted molar refractivity (Wildman–Crippen MR) is 225 cm³/mol. The van der Waals surface area contributed by atoms with Crippen LogP contribution in [0.25, 0.3) is 38.6 Å². The van der Waals surface area contributed by atoms with Crippen LogP contribution in [0.1, 0.15) is 47.2 Å². The highest BCUT2D eigenvalue weighted by Crippen LogP contribution is 2.61. The third-order valence-corrected chi connectivity index (χ3v) is 12.6. The quantitative estimate of drug-likeness (QED) is 0.182. The molecule has 1 aliphatic carbocycles. The molecule has 1 atom stereocenters. The second-order valence-electron chi connectivity index (χ2n) is 15.7. The van der Waals surface area contributed by atoms with E-state index in [0.29, 0.717) is 0 Å². The molecule has 0 saturated heterocycles. The standard InChI is InChI=1S/C52H36N2O/c1-51(2)40-20-8-6-17-36(40)37-29-27-34(31-44(37)51)53(33-15-4-3-5-16-33)35-28-30-49-45(32-35)52(42-22-10-13-26-48(42)55-49)41-21-9-12-25-47(41)54-46-24-11-7-18-38(46)39-19-14-23-43(52)50(39)54/h3-32H,1-2H3.